The molecule has 0 bridgehead atoms. The second-order valence-electron chi connectivity index (χ2n) is 8.24. The third-order valence-corrected chi connectivity index (χ3v) is 6.37. The van der Waals surface area contributed by atoms with Gasteiger partial charge in [0.05, 0.1) is 27.9 Å². The second-order valence-corrected chi connectivity index (χ2v) is 9.12. The lowest BCUT2D eigenvalue weighted by Crippen LogP contribution is -2.48. The van der Waals surface area contributed by atoms with E-state index in [9.17, 15) is 22.8 Å². The van der Waals surface area contributed by atoms with Crippen molar-refractivity contribution in [1.29, 1.82) is 0 Å². The van der Waals surface area contributed by atoms with E-state index >= 15 is 0 Å². The van der Waals surface area contributed by atoms with Gasteiger partial charge >= 0.3 is 6.18 Å². The first-order chi connectivity index (χ1) is 14.5. The highest BCUT2D eigenvalue weighted by Crippen LogP contribution is 2.43. The van der Waals surface area contributed by atoms with Gasteiger partial charge in [-0.25, -0.2) is 4.98 Å². The number of thiophene rings is 1. The number of Topliss-reactive ketones (excluding diaryl/α,β-unsaturated/α-hetero) is 1. The summed E-state index contributed by atoms with van der Waals surface area (Å²) in [5, 5.41) is 3.89. The first-order valence-electron chi connectivity index (χ1n) is 10.2. The minimum absolute atomic E-state index is 0.0229. The molecule has 0 radical (unpaired) electrons. The summed E-state index contributed by atoms with van der Waals surface area (Å²) >= 11 is 0.885. The summed E-state index contributed by atoms with van der Waals surface area (Å²) in [5.74, 6) is 0.256. The van der Waals surface area contributed by atoms with Crippen LogP contribution >= 0.6 is 11.3 Å². The molecule has 1 amide bonds. The summed E-state index contributed by atoms with van der Waals surface area (Å²) in [4.78, 5) is 32.6. The van der Waals surface area contributed by atoms with E-state index < -0.39 is 17.6 Å². The standard InChI is InChI=1S/C21H27F3N4O2S/c1-12(2)9-14(29)10-27-5-7-28(8-6-27)19-13(3)16(21(22,23)24)18-17(26-19)15(11-31-18)20(30)25-4/h11-12H,5-10H2,1-4H3,(H,25,30). The number of aromatic nitrogens is 1. The number of ketones is 1. The van der Waals surface area contributed by atoms with E-state index in [2.05, 4.69) is 10.3 Å². The molecule has 0 spiro atoms. The Morgan fingerprint density at radius 2 is 1.87 bits per heavy atom. The van der Waals surface area contributed by atoms with Gasteiger partial charge < -0.3 is 10.2 Å². The molecule has 0 aliphatic carbocycles. The molecule has 2 aromatic rings. The fraction of sp³-hybridized carbons (Fsp3) is 0.571. The van der Waals surface area contributed by atoms with E-state index in [1.165, 1.54) is 19.4 Å². The predicted molar refractivity (Wildman–Crippen MR) is 116 cm³/mol. The van der Waals surface area contributed by atoms with Crippen molar-refractivity contribution in [1.82, 2.24) is 15.2 Å². The van der Waals surface area contributed by atoms with Gasteiger partial charge in [0.25, 0.3) is 5.91 Å². The number of carbonyl (C=O) groups excluding carboxylic acids is 2. The Labute approximate surface area is 183 Å². The number of rotatable bonds is 6. The Morgan fingerprint density at radius 1 is 1.23 bits per heavy atom. The van der Waals surface area contributed by atoms with Crippen LogP contribution in [0.2, 0.25) is 0 Å². The minimum atomic E-state index is -4.56. The van der Waals surface area contributed by atoms with Gasteiger partial charge in [-0.2, -0.15) is 13.2 Å². The van der Waals surface area contributed by atoms with Crippen molar-refractivity contribution < 1.29 is 22.8 Å². The highest BCUT2D eigenvalue weighted by atomic mass is 32.1. The zero-order valence-electron chi connectivity index (χ0n) is 18.1. The van der Waals surface area contributed by atoms with Crippen LogP contribution in [0.3, 0.4) is 0 Å². The summed E-state index contributed by atoms with van der Waals surface area (Å²) in [6.45, 7) is 7.84. The molecule has 2 aromatic heterocycles. The molecular weight excluding hydrogens is 429 g/mol. The van der Waals surface area contributed by atoms with Crippen LogP contribution in [0.1, 0.15) is 41.8 Å². The molecule has 0 unspecified atom stereocenters. The van der Waals surface area contributed by atoms with E-state index in [1.54, 1.807) is 0 Å². The number of nitrogens with zero attached hydrogens (tertiary/aromatic N) is 3. The van der Waals surface area contributed by atoms with E-state index in [0.717, 1.165) is 11.3 Å². The maximum Gasteiger partial charge on any atom is 0.418 e. The third-order valence-electron chi connectivity index (χ3n) is 5.38. The first-order valence-corrected chi connectivity index (χ1v) is 11.1. The van der Waals surface area contributed by atoms with E-state index in [1.807, 2.05) is 23.6 Å². The number of carbonyl (C=O) groups is 2. The van der Waals surface area contributed by atoms with Gasteiger partial charge in [0.15, 0.2) is 0 Å². The molecule has 3 heterocycles. The zero-order valence-corrected chi connectivity index (χ0v) is 18.9. The molecular formula is C21H27F3N4O2S. The largest absolute Gasteiger partial charge is 0.418 e. The Balaban J connectivity index is 1.91. The monoisotopic (exact) mass is 456 g/mol. The van der Waals surface area contributed by atoms with Crippen LogP contribution in [-0.2, 0) is 11.0 Å². The topological polar surface area (TPSA) is 65.5 Å². The number of fused-ring (bicyclic) bond motifs is 1. The van der Waals surface area contributed by atoms with Gasteiger partial charge in [-0.1, -0.05) is 13.8 Å². The fourth-order valence-electron chi connectivity index (χ4n) is 3.94. The van der Waals surface area contributed by atoms with E-state index in [-0.39, 0.29) is 32.9 Å². The number of hydrogen-bond acceptors (Lipinski definition) is 6. The van der Waals surface area contributed by atoms with Crippen molar-refractivity contribution in [2.24, 2.45) is 5.92 Å². The minimum Gasteiger partial charge on any atom is -0.355 e. The highest BCUT2D eigenvalue weighted by Gasteiger charge is 2.38. The molecule has 1 N–H and O–H groups in total. The molecule has 0 aromatic carbocycles. The van der Waals surface area contributed by atoms with Crippen LogP contribution in [0.15, 0.2) is 5.38 Å². The lowest BCUT2D eigenvalue weighted by atomic mass is 10.1. The smallest absolute Gasteiger partial charge is 0.355 e. The fourth-order valence-corrected chi connectivity index (χ4v) is 5.05. The normalized spacial score (nSPS) is 15.7. The Hall–Kier alpha value is -2.20. The van der Waals surface area contributed by atoms with Crippen LogP contribution in [0, 0.1) is 12.8 Å². The molecule has 31 heavy (non-hydrogen) atoms. The summed E-state index contributed by atoms with van der Waals surface area (Å²) in [7, 11) is 1.44. The number of pyridine rings is 1. The third kappa shape index (κ3) is 5.01. The predicted octanol–water partition coefficient (Wildman–Crippen LogP) is 3.72. The maximum absolute atomic E-state index is 13.9. The van der Waals surface area contributed by atoms with Crippen molar-refractivity contribution in [3.63, 3.8) is 0 Å². The van der Waals surface area contributed by atoms with Gasteiger partial charge in [-0.15, -0.1) is 11.3 Å². The Morgan fingerprint density at radius 3 is 2.42 bits per heavy atom. The molecule has 10 heteroatoms. The first kappa shape index (κ1) is 23.5. The molecule has 1 fully saturated rings. The number of alkyl halides is 3. The lowest BCUT2D eigenvalue weighted by molar-refractivity contribution is -0.136. The van der Waals surface area contributed by atoms with Crippen molar-refractivity contribution in [2.45, 2.75) is 33.4 Å². The molecule has 0 saturated carbocycles. The van der Waals surface area contributed by atoms with Crippen LogP contribution in [0.25, 0.3) is 10.2 Å². The average molecular weight is 457 g/mol. The SMILES string of the molecule is CNC(=O)c1csc2c(C(F)(F)F)c(C)c(N3CCN(CC(=O)CC(C)C)CC3)nc12. The molecule has 1 aliphatic heterocycles. The van der Waals surface area contributed by atoms with Gasteiger partial charge in [0.1, 0.15) is 11.6 Å². The van der Waals surface area contributed by atoms with Crippen molar-refractivity contribution in [3.8, 4) is 0 Å². The molecule has 1 saturated heterocycles. The van der Waals surface area contributed by atoms with Crippen LogP contribution in [-0.4, -0.2) is 61.3 Å². The van der Waals surface area contributed by atoms with Crippen molar-refractivity contribution >= 4 is 39.1 Å². The number of anilines is 1. The number of piperazine rings is 1. The Kier molecular flexibility index (Phi) is 6.90. The van der Waals surface area contributed by atoms with E-state index in [4.69, 9.17) is 0 Å². The number of hydrogen-bond donors (Lipinski definition) is 1. The quantitative estimate of drug-likeness (QED) is 0.718. The molecule has 1 aliphatic rings. The lowest BCUT2D eigenvalue weighted by Gasteiger charge is -2.36. The summed E-state index contributed by atoms with van der Waals surface area (Å²) in [5.41, 5.74) is -0.448. The maximum atomic E-state index is 13.9. The molecule has 170 valence electrons. The molecule has 6 nitrogen and oxygen atoms in total. The summed E-state index contributed by atoms with van der Waals surface area (Å²) < 4.78 is 41.8. The number of amides is 1. The van der Waals surface area contributed by atoms with Gasteiger partial charge in [-0.3, -0.25) is 14.5 Å². The van der Waals surface area contributed by atoms with Crippen LogP contribution < -0.4 is 10.2 Å². The summed E-state index contributed by atoms with van der Waals surface area (Å²) in [6.07, 6.45) is -4.04. The highest BCUT2D eigenvalue weighted by molar-refractivity contribution is 7.17. The van der Waals surface area contributed by atoms with Crippen molar-refractivity contribution in [2.75, 3.05) is 44.7 Å². The molecule has 3 rings (SSSR count). The van der Waals surface area contributed by atoms with E-state index in [0.29, 0.717) is 45.1 Å². The van der Waals surface area contributed by atoms with Crippen LogP contribution in [0.5, 0.6) is 0 Å². The van der Waals surface area contributed by atoms with Crippen molar-refractivity contribution in [3.05, 3.63) is 22.1 Å². The number of nitrogens with one attached hydrogen (secondary N) is 1. The zero-order chi connectivity index (χ0) is 22.9. The van der Waals surface area contributed by atoms with Gasteiger partial charge in [-0.05, 0) is 12.8 Å². The Bertz CT molecular complexity index is 979. The summed E-state index contributed by atoms with van der Waals surface area (Å²) in [6, 6.07) is 0. The molecule has 0 atom stereocenters. The average Bonchev–Trinajstić information content (AvgIpc) is 3.09. The van der Waals surface area contributed by atoms with Gasteiger partial charge in [0, 0.05) is 50.6 Å². The second kappa shape index (κ2) is 9.12. The number of halogens is 3. The van der Waals surface area contributed by atoms with Gasteiger partial charge in [0.2, 0.25) is 0 Å². The van der Waals surface area contributed by atoms with Crippen LogP contribution in [0.4, 0.5) is 19.0 Å².